The van der Waals surface area contributed by atoms with Gasteiger partial charge in [-0.05, 0) is 12.8 Å². The average molecular weight is 1300 g/mol. The summed E-state index contributed by atoms with van der Waals surface area (Å²) in [5, 5.41) is 318. The molecule has 3 aliphatic heterocycles. The van der Waals surface area contributed by atoms with Gasteiger partial charge in [-0.25, -0.2) is 0 Å². The Morgan fingerprint density at radius 1 is 0.250 bits per heavy atom. The molecule has 0 aliphatic carbocycles. The Labute approximate surface area is 498 Å². The third-order valence-electron chi connectivity index (χ3n) is 13.0. The van der Waals surface area contributed by atoms with Crippen LogP contribution in [0.2, 0.25) is 0 Å². The van der Waals surface area contributed by atoms with Crippen LogP contribution in [0.3, 0.4) is 0 Å². The van der Waals surface area contributed by atoms with Gasteiger partial charge in [-0.15, -0.1) is 0 Å². The fourth-order valence-electron chi connectivity index (χ4n) is 8.15. The average Bonchev–Trinajstić information content (AvgIpc) is 1.09. The van der Waals surface area contributed by atoms with E-state index >= 15 is 0 Å². The lowest BCUT2D eigenvalue weighted by Crippen LogP contribution is -2.61. The van der Waals surface area contributed by atoms with E-state index in [1.165, 1.54) is 6.92 Å². The summed E-state index contributed by atoms with van der Waals surface area (Å²) in [6.45, 7) is -5.52. The lowest BCUT2D eigenvalue weighted by Gasteiger charge is -2.44. The van der Waals surface area contributed by atoms with Gasteiger partial charge in [0.2, 0.25) is 37.7 Å². The zero-order chi connectivity index (χ0) is 67.0. The van der Waals surface area contributed by atoms with E-state index < -0.39 is 290 Å². The molecule has 21 unspecified atom stereocenters. The van der Waals surface area contributed by atoms with Crippen LogP contribution in [0.5, 0.6) is 0 Å². The predicted octanol–water partition coefficient (Wildman–Crippen LogP) is -6.47. The zero-order valence-corrected chi connectivity index (χ0v) is 46.8. The van der Waals surface area contributed by atoms with E-state index in [9.17, 15) is 153 Å². The summed E-state index contributed by atoms with van der Waals surface area (Å²) >= 11 is 0. The minimum absolute atomic E-state index is 0.229. The van der Waals surface area contributed by atoms with Crippen LogP contribution in [0.4, 0.5) is 0 Å². The van der Waals surface area contributed by atoms with E-state index in [1.54, 1.807) is 0 Å². The highest BCUT2D eigenvalue weighted by molar-refractivity contribution is 5.15. The normalized spacial score (nSPS) is 41.0. The van der Waals surface area contributed by atoms with Crippen molar-refractivity contribution in [2.24, 2.45) is 0 Å². The summed E-state index contributed by atoms with van der Waals surface area (Å²) in [6.07, 6.45) is -56.4. The molecule has 514 valence electrons. The second kappa shape index (κ2) is 38.6. The fraction of sp³-hybridized carbons (Fsp3) is 0.755. The van der Waals surface area contributed by atoms with E-state index in [0.717, 1.165) is 0 Å². The summed E-state index contributed by atoms with van der Waals surface area (Å²) < 4.78 is 46.9. The van der Waals surface area contributed by atoms with Crippen molar-refractivity contribution in [3.8, 4) is 0 Å². The molecule has 0 spiro atoms. The van der Waals surface area contributed by atoms with Gasteiger partial charge in [-0.3, -0.25) is 0 Å². The third kappa shape index (κ3) is 21.8. The van der Waals surface area contributed by atoms with Crippen molar-refractivity contribution in [1.82, 2.24) is 0 Å². The second-order valence-electron chi connectivity index (χ2n) is 19.2. The number of rotatable bonds is 15. The van der Waals surface area contributed by atoms with Crippen LogP contribution < -0.4 is 0 Å². The van der Waals surface area contributed by atoms with Crippen molar-refractivity contribution in [1.29, 1.82) is 0 Å². The van der Waals surface area contributed by atoms with Gasteiger partial charge in [0, 0.05) is 84.8 Å². The molecule has 39 heteroatoms. The molecule has 0 saturated carbocycles. The molecular formula is C49H84O39. The smallest absolute Gasteiger partial charge is 0.218 e. The summed E-state index contributed by atoms with van der Waals surface area (Å²) in [5.74, 6) is -19.4. The first-order chi connectivity index (χ1) is 41.4. The van der Waals surface area contributed by atoms with Crippen molar-refractivity contribution in [2.75, 3.05) is 46.2 Å². The quantitative estimate of drug-likeness (QED) is 0.0725. The van der Waals surface area contributed by atoms with Crippen molar-refractivity contribution < 1.29 is 196 Å². The highest BCUT2D eigenvalue weighted by Gasteiger charge is 2.49. The molecule has 0 radical (unpaired) electrons. The van der Waals surface area contributed by atoms with Crippen LogP contribution in [0.1, 0.15) is 58.3 Å². The number of aliphatic hydroxyl groups excluding tert-OH is 30. The summed E-state index contributed by atoms with van der Waals surface area (Å²) in [5.41, 5.74) is 0. The molecule has 3 rings (SSSR count). The Balaban J connectivity index is 2.87. The topological polar surface area (TPSA) is 690 Å². The van der Waals surface area contributed by atoms with Crippen LogP contribution in [-0.4, -0.2) is 329 Å². The monoisotopic (exact) mass is 1300 g/mol. The van der Waals surface area contributed by atoms with Crippen LogP contribution in [-0.2, 0) is 42.6 Å². The molecule has 30 N–H and O–H groups in total. The van der Waals surface area contributed by atoms with E-state index in [-0.39, 0.29) is 6.42 Å². The Morgan fingerprint density at radius 3 is 0.739 bits per heavy atom. The molecule has 21 atom stereocenters. The molecule has 0 aromatic carbocycles. The first-order valence-electron chi connectivity index (χ1n) is 26.8. The summed E-state index contributed by atoms with van der Waals surface area (Å²) in [4.78, 5) is 0. The molecule has 0 aromatic heterocycles. The van der Waals surface area contributed by atoms with E-state index in [1.807, 2.05) is 0 Å². The number of fused-ring (bicyclic) bond motifs is 31. The van der Waals surface area contributed by atoms with Gasteiger partial charge in [-0.1, -0.05) is 6.92 Å². The largest absolute Gasteiger partial charge is 0.506 e. The molecule has 88 heavy (non-hydrogen) atoms. The van der Waals surface area contributed by atoms with E-state index in [0.29, 0.717) is 0 Å². The Bertz CT molecular complexity index is 2260. The summed E-state index contributed by atoms with van der Waals surface area (Å²) in [6, 6.07) is 0. The van der Waals surface area contributed by atoms with Crippen molar-refractivity contribution in [3.05, 3.63) is 69.1 Å². The summed E-state index contributed by atoms with van der Waals surface area (Å²) in [7, 11) is 0. The maximum Gasteiger partial charge on any atom is 0.218 e. The van der Waals surface area contributed by atoms with Crippen molar-refractivity contribution >= 4 is 0 Å². The minimum Gasteiger partial charge on any atom is -0.506 e. The third-order valence-corrected chi connectivity index (χ3v) is 13.0. The zero-order valence-electron chi connectivity index (χ0n) is 46.8. The number of hydrogen-bond donors (Lipinski definition) is 30. The standard InChI is InChI=1S/C49H84O39/c1-2-17-41-32(64)40(72)49(86-17)87-24(9-16-56)31(63)38(70)47(78)84-22(7-14-54)29(61)36(68)45(76)82-20(5-12-52)27(59)34(66)43(74)80-18(3-10-50)25(57)33(65)42(73)81-19(4-11-51)26(58)35(67)44(75)83-21(6-13-53)28(60)37(69)46(77)85-23(8-15-55)30(62)39(71)48(79)88-41/h17-24,31-32,38,40-79H,2-16H2,1H3/b33-25-,34-27+,35-26-,36-29+,37-28+,39-30+. The molecule has 39 nitrogen and oxygen atoms in total. The van der Waals surface area contributed by atoms with Crippen LogP contribution in [0.25, 0.3) is 0 Å². The SMILES string of the molecule is CCC1OC2OC(CCO)C(O)C(O)C(O)OC(CCO)/C(O)=C(\O)C(O)OC(CCO)/C(O)=C(\O)C(O)OC(CCO)/C(O)=C(/O)C(O)OC(CCO)/C(O)=C(/O)C(O)OC(CCO)/C(O)=C(\O)C(O)OC(CCO)/C(O)=C(\O)C(O)OC1C(O)C2O. The maximum atomic E-state index is 11.2. The first-order valence-corrected chi connectivity index (χ1v) is 26.8. The maximum absolute atomic E-state index is 11.2. The number of aliphatic hydroxyl groups is 30. The molecule has 1 saturated heterocycles. The lowest BCUT2D eigenvalue weighted by molar-refractivity contribution is -0.335. The molecule has 2 bridgehead atoms. The van der Waals surface area contributed by atoms with Crippen LogP contribution >= 0.6 is 0 Å². The van der Waals surface area contributed by atoms with Gasteiger partial charge < -0.3 is 196 Å². The van der Waals surface area contributed by atoms with Gasteiger partial charge in [0.25, 0.3) is 0 Å². The molecular weight excluding hydrogens is 1210 g/mol. The molecule has 1 fully saturated rings. The molecule has 0 amide bonds. The van der Waals surface area contributed by atoms with Gasteiger partial charge in [0.1, 0.15) is 67.1 Å². The second-order valence-corrected chi connectivity index (χ2v) is 19.2. The number of hydrogen-bond acceptors (Lipinski definition) is 39. The fourth-order valence-corrected chi connectivity index (χ4v) is 8.15. The molecule has 3 heterocycles. The predicted molar refractivity (Wildman–Crippen MR) is 280 cm³/mol. The van der Waals surface area contributed by atoms with E-state index in [2.05, 4.69) is 0 Å². The lowest BCUT2D eigenvalue weighted by atomic mass is 9.96. The Kier molecular flexibility index (Phi) is 34.7. The Morgan fingerprint density at radius 2 is 0.489 bits per heavy atom. The highest BCUT2D eigenvalue weighted by atomic mass is 16.7. The van der Waals surface area contributed by atoms with Gasteiger partial charge in [0.15, 0.2) is 81.7 Å². The van der Waals surface area contributed by atoms with Crippen LogP contribution in [0, 0.1) is 0 Å². The highest BCUT2D eigenvalue weighted by Crippen LogP contribution is 2.32. The Hall–Kier alpha value is -5.04. The van der Waals surface area contributed by atoms with Gasteiger partial charge in [-0.2, -0.15) is 0 Å². The van der Waals surface area contributed by atoms with Gasteiger partial charge in [0.05, 0.1) is 12.2 Å². The van der Waals surface area contributed by atoms with Gasteiger partial charge >= 0.3 is 0 Å². The molecule has 3 aliphatic rings. The first kappa shape index (κ1) is 79.1. The van der Waals surface area contributed by atoms with E-state index in [4.69, 9.17) is 42.6 Å². The van der Waals surface area contributed by atoms with Crippen molar-refractivity contribution in [2.45, 2.75) is 188 Å². The van der Waals surface area contributed by atoms with Crippen LogP contribution in [0.15, 0.2) is 69.1 Å². The minimum atomic E-state index is -2.90. The number of ether oxygens (including phenoxy) is 9. The molecule has 0 aromatic rings. The van der Waals surface area contributed by atoms with Crippen molar-refractivity contribution in [3.63, 3.8) is 0 Å².